The molecule has 0 radical (unpaired) electrons. The number of halogens is 1. The van der Waals surface area contributed by atoms with Crippen LogP contribution < -0.4 is 5.32 Å². The predicted octanol–water partition coefficient (Wildman–Crippen LogP) is 2.82. The Bertz CT molecular complexity index is 494. The predicted molar refractivity (Wildman–Crippen MR) is 92.8 cm³/mol. The number of rotatable bonds is 4. The van der Waals surface area contributed by atoms with Crippen molar-refractivity contribution >= 4 is 24.0 Å². The van der Waals surface area contributed by atoms with Crippen LogP contribution >= 0.6 is 12.4 Å². The fourth-order valence-electron chi connectivity index (χ4n) is 3.27. The topological polar surface area (TPSA) is 52.6 Å². The maximum atomic E-state index is 12.6. The van der Waals surface area contributed by atoms with Crippen molar-refractivity contribution < 1.29 is 9.90 Å². The molecule has 1 aliphatic rings. The first-order chi connectivity index (χ1) is 10.0. The van der Waals surface area contributed by atoms with Gasteiger partial charge in [-0.15, -0.1) is 12.4 Å². The molecule has 1 heterocycles. The zero-order valence-corrected chi connectivity index (χ0v) is 14.5. The van der Waals surface area contributed by atoms with Gasteiger partial charge in [0.05, 0.1) is 12.6 Å². The van der Waals surface area contributed by atoms with Crippen LogP contribution in [0.25, 0.3) is 0 Å². The molecule has 0 saturated carbocycles. The Kier molecular flexibility index (Phi) is 7.33. The summed E-state index contributed by atoms with van der Waals surface area (Å²) in [7, 11) is 0. The van der Waals surface area contributed by atoms with Crippen molar-refractivity contribution in [3.05, 3.63) is 28.8 Å². The van der Waals surface area contributed by atoms with Crippen LogP contribution in [0.5, 0.6) is 0 Å². The summed E-state index contributed by atoms with van der Waals surface area (Å²) in [4.78, 5) is 14.7. The minimum Gasteiger partial charge on any atom is -0.395 e. The number of anilines is 1. The lowest BCUT2D eigenvalue weighted by atomic mass is 10.00. The Morgan fingerprint density at radius 2 is 1.91 bits per heavy atom. The monoisotopic (exact) mass is 326 g/mol. The van der Waals surface area contributed by atoms with Gasteiger partial charge in [-0.3, -0.25) is 9.69 Å². The smallest absolute Gasteiger partial charge is 0.241 e. The zero-order chi connectivity index (χ0) is 15.4. The van der Waals surface area contributed by atoms with Crippen molar-refractivity contribution in [3.63, 3.8) is 0 Å². The molecular formula is C17H27ClN2O2. The standard InChI is InChI=1S/C17H26N2O2.ClH/c1-12-10-13(2)16(14(3)11-12)18-17(21)15-6-4-5-7-19(15)8-9-20;/h10-11,15,20H,4-9H2,1-3H3,(H,18,21);1H. The molecule has 0 spiro atoms. The third-order valence-corrected chi connectivity index (χ3v) is 4.23. The first kappa shape index (κ1) is 18.9. The third kappa shape index (κ3) is 4.45. The fraction of sp³-hybridized carbons (Fsp3) is 0.588. The molecule has 1 fully saturated rings. The molecule has 124 valence electrons. The van der Waals surface area contributed by atoms with Crippen molar-refractivity contribution in [2.45, 2.75) is 46.1 Å². The highest BCUT2D eigenvalue weighted by Gasteiger charge is 2.28. The first-order valence-electron chi connectivity index (χ1n) is 7.76. The number of aliphatic hydroxyl groups excluding tert-OH is 1. The third-order valence-electron chi connectivity index (χ3n) is 4.23. The number of β-amino-alcohol motifs (C(OH)–C–C–N with tert-alkyl or cyclic N) is 1. The SMILES string of the molecule is Cc1cc(C)c(NC(=O)C2CCCCN2CCO)c(C)c1.Cl. The van der Waals surface area contributed by atoms with Crippen molar-refractivity contribution in [2.75, 3.05) is 25.0 Å². The summed E-state index contributed by atoms with van der Waals surface area (Å²) in [5, 5.41) is 12.3. The number of benzene rings is 1. The number of carbonyl (C=O) groups is 1. The average molecular weight is 327 g/mol. The van der Waals surface area contributed by atoms with Gasteiger partial charge in [0.1, 0.15) is 0 Å². The van der Waals surface area contributed by atoms with Gasteiger partial charge in [-0.1, -0.05) is 24.1 Å². The van der Waals surface area contributed by atoms with E-state index in [-0.39, 0.29) is 31.0 Å². The molecule has 0 aliphatic carbocycles. The highest BCUT2D eigenvalue weighted by Crippen LogP contribution is 2.24. The molecule has 1 aromatic carbocycles. The Balaban J connectivity index is 0.00000242. The number of carbonyl (C=O) groups excluding carboxylic acids is 1. The van der Waals surface area contributed by atoms with Crippen LogP contribution in [0.15, 0.2) is 12.1 Å². The van der Waals surface area contributed by atoms with Crippen molar-refractivity contribution in [2.24, 2.45) is 0 Å². The van der Waals surface area contributed by atoms with Crippen LogP contribution in [-0.4, -0.2) is 41.7 Å². The van der Waals surface area contributed by atoms with E-state index in [1.165, 1.54) is 5.56 Å². The van der Waals surface area contributed by atoms with Crippen molar-refractivity contribution in [1.82, 2.24) is 4.90 Å². The summed E-state index contributed by atoms with van der Waals surface area (Å²) in [6.45, 7) is 7.69. The minimum absolute atomic E-state index is 0. The lowest BCUT2D eigenvalue weighted by molar-refractivity contribution is -0.122. The van der Waals surface area contributed by atoms with E-state index < -0.39 is 0 Å². The molecule has 5 heteroatoms. The Labute approximate surface area is 139 Å². The van der Waals surface area contributed by atoms with Crippen LogP contribution in [0, 0.1) is 20.8 Å². The van der Waals surface area contributed by atoms with Gasteiger partial charge in [-0.2, -0.15) is 0 Å². The molecule has 2 rings (SSSR count). The van der Waals surface area contributed by atoms with Gasteiger partial charge in [0.25, 0.3) is 0 Å². The van der Waals surface area contributed by atoms with Crippen LogP contribution in [0.3, 0.4) is 0 Å². The first-order valence-corrected chi connectivity index (χ1v) is 7.76. The lowest BCUT2D eigenvalue weighted by Crippen LogP contribution is -2.48. The summed E-state index contributed by atoms with van der Waals surface area (Å²) in [6, 6.07) is 4.07. The van der Waals surface area contributed by atoms with E-state index in [2.05, 4.69) is 29.3 Å². The Hall–Kier alpha value is -1.10. The number of nitrogens with zero attached hydrogens (tertiary/aromatic N) is 1. The van der Waals surface area contributed by atoms with Crippen LogP contribution in [-0.2, 0) is 4.79 Å². The van der Waals surface area contributed by atoms with Gasteiger partial charge < -0.3 is 10.4 Å². The number of piperidine rings is 1. The number of amides is 1. The average Bonchev–Trinajstić information content (AvgIpc) is 2.43. The van der Waals surface area contributed by atoms with E-state index in [1.54, 1.807) is 0 Å². The minimum atomic E-state index is -0.119. The maximum Gasteiger partial charge on any atom is 0.241 e. The highest BCUT2D eigenvalue weighted by atomic mass is 35.5. The van der Waals surface area contributed by atoms with E-state index in [0.29, 0.717) is 6.54 Å². The van der Waals surface area contributed by atoms with E-state index >= 15 is 0 Å². The number of aryl methyl sites for hydroxylation is 3. The van der Waals surface area contributed by atoms with E-state index in [0.717, 1.165) is 42.6 Å². The van der Waals surface area contributed by atoms with Gasteiger partial charge in [-0.05, 0) is 51.3 Å². The van der Waals surface area contributed by atoms with Gasteiger partial charge in [0.2, 0.25) is 5.91 Å². The van der Waals surface area contributed by atoms with Crippen LogP contribution in [0.4, 0.5) is 5.69 Å². The summed E-state index contributed by atoms with van der Waals surface area (Å²) < 4.78 is 0. The molecule has 1 atom stereocenters. The van der Waals surface area contributed by atoms with Gasteiger partial charge in [-0.25, -0.2) is 0 Å². The van der Waals surface area contributed by atoms with E-state index in [9.17, 15) is 4.79 Å². The molecule has 1 unspecified atom stereocenters. The number of hydrogen-bond donors (Lipinski definition) is 2. The van der Waals surface area contributed by atoms with Crippen molar-refractivity contribution in [3.8, 4) is 0 Å². The second-order valence-corrected chi connectivity index (χ2v) is 6.03. The van der Waals surface area contributed by atoms with Crippen LogP contribution in [0.2, 0.25) is 0 Å². The van der Waals surface area contributed by atoms with Crippen LogP contribution in [0.1, 0.15) is 36.0 Å². The Morgan fingerprint density at radius 3 is 2.50 bits per heavy atom. The maximum absolute atomic E-state index is 12.6. The molecule has 1 saturated heterocycles. The highest BCUT2D eigenvalue weighted by molar-refractivity contribution is 5.96. The fourth-order valence-corrected chi connectivity index (χ4v) is 3.27. The van der Waals surface area contributed by atoms with E-state index in [4.69, 9.17) is 5.11 Å². The van der Waals surface area contributed by atoms with Gasteiger partial charge >= 0.3 is 0 Å². The lowest BCUT2D eigenvalue weighted by Gasteiger charge is -2.34. The number of hydrogen-bond acceptors (Lipinski definition) is 3. The van der Waals surface area contributed by atoms with Gasteiger partial charge in [0, 0.05) is 12.2 Å². The molecule has 22 heavy (non-hydrogen) atoms. The number of nitrogens with one attached hydrogen (secondary N) is 1. The Morgan fingerprint density at radius 1 is 1.27 bits per heavy atom. The molecular weight excluding hydrogens is 300 g/mol. The molecule has 0 aromatic heterocycles. The normalized spacial score (nSPS) is 18.6. The number of aliphatic hydroxyl groups is 1. The molecule has 4 nitrogen and oxygen atoms in total. The van der Waals surface area contributed by atoms with E-state index in [1.807, 2.05) is 13.8 Å². The summed E-state index contributed by atoms with van der Waals surface area (Å²) in [5.74, 6) is 0.0539. The largest absolute Gasteiger partial charge is 0.395 e. The summed E-state index contributed by atoms with van der Waals surface area (Å²) >= 11 is 0. The molecule has 1 amide bonds. The molecule has 2 N–H and O–H groups in total. The molecule has 1 aliphatic heterocycles. The second-order valence-electron chi connectivity index (χ2n) is 6.03. The summed E-state index contributed by atoms with van der Waals surface area (Å²) in [6.07, 6.45) is 3.05. The van der Waals surface area contributed by atoms with Crippen molar-refractivity contribution in [1.29, 1.82) is 0 Å². The zero-order valence-electron chi connectivity index (χ0n) is 13.7. The second kappa shape index (κ2) is 8.51. The molecule has 0 bridgehead atoms. The molecule has 1 aromatic rings. The number of likely N-dealkylation sites (tertiary alicyclic amines) is 1. The quantitative estimate of drug-likeness (QED) is 0.894. The van der Waals surface area contributed by atoms with Gasteiger partial charge in [0.15, 0.2) is 0 Å². The summed E-state index contributed by atoms with van der Waals surface area (Å²) in [5.41, 5.74) is 4.35.